The number of esters is 3. The zero-order valence-electron chi connectivity index (χ0n) is 48.6. The van der Waals surface area contributed by atoms with Crippen LogP contribution in [0, 0.1) is 0 Å². The summed E-state index contributed by atoms with van der Waals surface area (Å²) < 4.78 is 16.9. The maximum atomic E-state index is 12.9. The predicted octanol–water partition coefficient (Wildman–Crippen LogP) is 21.3. The summed E-state index contributed by atoms with van der Waals surface area (Å²) in [5.74, 6) is -0.904. The largest absolute Gasteiger partial charge is 0.462 e. The highest BCUT2D eigenvalue weighted by Crippen LogP contribution is 2.15. The van der Waals surface area contributed by atoms with Crippen LogP contribution in [-0.4, -0.2) is 37.2 Å². The highest BCUT2D eigenvalue weighted by Gasteiger charge is 2.19. The van der Waals surface area contributed by atoms with Gasteiger partial charge in [0.15, 0.2) is 6.10 Å². The predicted molar refractivity (Wildman–Crippen MR) is 320 cm³/mol. The van der Waals surface area contributed by atoms with E-state index in [0.717, 1.165) is 122 Å². The Hall–Kier alpha value is -3.67. The quantitative estimate of drug-likeness (QED) is 0.0261. The van der Waals surface area contributed by atoms with Gasteiger partial charge in [-0.25, -0.2) is 0 Å². The van der Waals surface area contributed by atoms with Crippen LogP contribution in [0.5, 0.6) is 0 Å². The zero-order valence-corrected chi connectivity index (χ0v) is 48.6. The van der Waals surface area contributed by atoms with Crippen LogP contribution in [0.25, 0.3) is 0 Å². The molecule has 0 rings (SSSR count). The van der Waals surface area contributed by atoms with Gasteiger partial charge in [0.25, 0.3) is 0 Å². The standard InChI is InChI=1S/C68H116O6/c1-4-7-10-13-16-19-22-25-28-29-30-31-32-33-34-35-36-37-38-39-41-43-46-49-52-55-58-61-67(70)73-64-65(63-72-66(69)60-57-54-51-48-45-42-27-24-21-18-15-12-9-6-3)74-68(71)62-59-56-53-50-47-44-40-26-23-20-17-14-11-8-5-2/h7,10,16,19,24-28,30-31,33-34,36-37,40,65H,4-6,8-9,11-15,17-18,20-23,29,32,35,38-39,41-64H2,1-3H3/b10-7-,19-16-,27-24-,28-25-,31-30-,34-33-,37-36-,40-26-. The first-order valence-electron chi connectivity index (χ1n) is 31.2. The first-order chi connectivity index (χ1) is 36.5. The molecule has 0 saturated heterocycles. The summed E-state index contributed by atoms with van der Waals surface area (Å²) in [7, 11) is 0. The van der Waals surface area contributed by atoms with Crippen molar-refractivity contribution in [2.24, 2.45) is 0 Å². The Labute approximate surface area is 457 Å². The molecule has 1 atom stereocenters. The van der Waals surface area contributed by atoms with E-state index >= 15 is 0 Å². The lowest BCUT2D eigenvalue weighted by atomic mass is 10.1. The molecule has 0 radical (unpaired) electrons. The van der Waals surface area contributed by atoms with E-state index in [9.17, 15) is 14.4 Å². The molecule has 6 nitrogen and oxygen atoms in total. The fourth-order valence-corrected chi connectivity index (χ4v) is 8.61. The second-order valence-electron chi connectivity index (χ2n) is 20.6. The van der Waals surface area contributed by atoms with Gasteiger partial charge in [-0.3, -0.25) is 14.4 Å². The monoisotopic (exact) mass is 1030 g/mol. The zero-order chi connectivity index (χ0) is 53.6. The van der Waals surface area contributed by atoms with Gasteiger partial charge in [0.05, 0.1) is 0 Å². The normalized spacial score (nSPS) is 12.7. The number of carbonyl (C=O) groups excluding carboxylic acids is 3. The number of carbonyl (C=O) groups is 3. The number of rotatable bonds is 56. The van der Waals surface area contributed by atoms with E-state index in [-0.39, 0.29) is 31.1 Å². The average Bonchev–Trinajstić information content (AvgIpc) is 3.40. The van der Waals surface area contributed by atoms with E-state index in [1.54, 1.807) is 0 Å². The van der Waals surface area contributed by atoms with Crippen molar-refractivity contribution in [1.82, 2.24) is 0 Å². The number of ether oxygens (including phenoxy) is 3. The average molecular weight is 1030 g/mol. The van der Waals surface area contributed by atoms with E-state index in [4.69, 9.17) is 14.2 Å². The number of hydrogen-bond donors (Lipinski definition) is 0. The third-order valence-corrected chi connectivity index (χ3v) is 13.3. The van der Waals surface area contributed by atoms with Crippen molar-refractivity contribution in [2.75, 3.05) is 13.2 Å². The van der Waals surface area contributed by atoms with Gasteiger partial charge in [-0.1, -0.05) is 253 Å². The summed E-state index contributed by atoms with van der Waals surface area (Å²) >= 11 is 0. The van der Waals surface area contributed by atoms with Gasteiger partial charge in [0.1, 0.15) is 13.2 Å². The molecule has 0 aromatic rings. The number of unbranched alkanes of at least 4 members (excludes halogenated alkanes) is 29. The summed E-state index contributed by atoms with van der Waals surface area (Å²) in [4.78, 5) is 38.2. The van der Waals surface area contributed by atoms with Crippen molar-refractivity contribution < 1.29 is 28.6 Å². The van der Waals surface area contributed by atoms with E-state index < -0.39 is 6.10 Å². The van der Waals surface area contributed by atoms with Gasteiger partial charge in [-0.15, -0.1) is 0 Å². The lowest BCUT2D eigenvalue weighted by Gasteiger charge is -2.18. The van der Waals surface area contributed by atoms with E-state index in [1.807, 2.05) is 0 Å². The Morgan fingerprint density at radius 3 is 0.838 bits per heavy atom. The summed E-state index contributed by atoms with van der Waals surface area (Å²) in [6.45, 7) is 6.51. The van der Waals surface area contributed by atoms with Crippen LogP contribution >= 0.6 is 0 Å². The number of allylic oxidation sites excluding steroid dienone is 16. The van der Waals surface area contributed by atoms with Crippen molar-refractivity contribution in [3.05, 3.63) is 97.2 Å². The molecule has 0 bridgehead atoms. The van der Waals surface area contributed by atoms with Crippen molar-refractivity contribution in [3.63, 3.8) is 0 Å². The molecule has 74 heavy (non-hydrogen) atoms. The topological polar surface area (TPSA) is 78.9 Å². The third kappa shape index (κ3) is 59.2. The maximum absolute atomic E-state index is 12.9. The molecule has 0 aliphatic rings. The number of hydrogen-bond acceptors (Lipinski definition) is 6. The molecule has 0 saturated carbocycles. The summed E-state index contributed by atoms with van der Waals surface area (Å²) in [6, 6.07) is 0. The molecule has 0 heterocycles. The Kier molecular flexibility index (Phi) is 58.8. The molecule has 0 fully saturated rings. The highest BCUT2D eigenvalue weighted by molar-refractivity contribution is 5.71. The minimum absolute atomic E-state index is 0.0867. The Bertz CT molecular complexity index is 1460. The summed E-state index contributed by atoms with van der Waals surface area (Å²) in [6.07, 6.45) is 82.6. The third-order valence-electron chi connectivity index (χ3n) is 13.3. The van der Waals surface area contributed by atoms with E-state index in [1.165, 1.54) is 135 Å². The molecule has 0 amide bonds. The molecule has 6 heteroatoms. The first kappa shape index (κ1) is 70.3. The van der Waals surface area contributed by atoms with Crippen molar-refractivity contribution >= 4 is 17.9 Å². The van der Waals surface area contributed by atoms with Crippen LogP contribution < -0.4 is 0 Å². The van der Waals surface area contributed by atoms with Gasteiger partial charge >= 0.3 is 17.9 Å². The van der Waals surface area contributed by atoms with Crippen LogP contribution in [0.3, 0.4) is 0 Å². The minimum Gasteiger partial charge on any atom is -0.462 e. The fourth-order valence-electron chi connectivity index (χ4n) is 8.61. The second kappa shape index (κ2) is 61.9. The molecule has 0 aliphatic heterocycles. The second-order valence-corrected chi connectivity index (χ2v) is 20.6. The van der Waals surface area contributed by atoms with Gasteiger partial charge in [-0.05, 0) is 122 Å². The van der Waals surface area contributed by atoms with Crippen LogP contribution in [0.2, 0.25) is 0 Å². The van der Waals surface area contributed by atoms with Gasteiger partial charge in [-0.2, -0.15) is 0 Å². The summed E-state index contributed by atoms with van der Waals surface area (Å²) in [5, 5.41) is 0. The van der Waals surface area contributed by atoms with Gasteiger partial charge in [0.2, 0.25) is 0 Å². The Morgan fingerprint density at radius 1 is 0.284 bits per heavy atom. The lowest BCUT2D eigenvalue weighted by Crippen LogP contribution is -2.30. The molecule has 0 spiro atoms. The van der Waals surface area contributed by atoms with Crippen LogP contribution in [0.1, 0.15) is 297 Å². The molecule has 0 aromatic heterocycles. The smallest absolute Gasteiger partial charge is 0.306 e. The highest BCUT2D eigenvalue weighted by atomic mass is 16.6. The molecule has 0 aliphatic carbocycles. The maximum Gasteiger partial charge on any atom is 0.306 e. The molecular formula is C68H116O6. The van der Waals surface area contributed by atoms with Crippen molar-refractivity contribution in [1.29, 1.82) is 0 Å². The Balaban J connectivity index is 4.34. The molecule has 1 unspecified atom stereocenters. The molecule has 424 valence electrons. The van der Waals surface area contributed by atoms with E-state index in [2.05, 4.69) is 118 Å². The Morgan fingerprint density at radius 2 is 0.527 bits per heavy atom. The van der Waals surface area contributed by atoms with Crippen molar-refractivity contribution in [3.8, 4) is 0 Å². The molecular weight excluding hydrogens is 913 g/mol. The van der Waals surface area contributed by atoms with Crippen LogP contribution in [-0.2, 0) is 28.6 Å². The SMILES string of the molecule is CC/C=C\C/C=C\C/C=C\C/C=C\C/C=C\C/C=C\CCCCCCCCCCC(=O)OCC(COC(=O)CCCCCCC/C=C\CCCCCCC)OC(=O)CCCCCCC/C=C\CCCCCCCC. The fraction of sp³-hybridized carbons (Fsp3) is 0.721. The first-order valence-corrected chi connectivity index (χ1v) is 31.2. The summed E-state index contributed by atoms with van der Waals surface area (Å²) in [5.41, 5.74) is 0. The minimum atomic E-state index is -0.790. The van der Waals surface area contributed by atoms with Gasteiger partial charge < -0.3 is 14.2 Å². The molecule has 0 aromatic carbocycles. The van der Waals surface area contributed by atoms with Gasteiger partial charge in [0, 0.05) is 19.3 Å². The van der Waals surface area contributed by atoms with Crippen molar-refractivity contribution in [2.45, 2.75) is 303 Å². The van der Waals surface area contributed by atoms with E-state index in [0.29, 0.717) is 19.3 Å². The van der Waals surface area contributed by atoms with Crippen LogP contribution in [0.4, 0.5) is 0 Å². The van der Waals surface area contributed by atoms with Crippen LogP contribution in [0.15, 0.2) is 97.2 Å². The lowest BCUT2D eigenvalue weighted by molar-refractivity contribution is -0.167. The molecule has 0 N–H and O–H groups in total.